The molecule has 1 aliphatic carbocycles. The first-order chi connectivity index (χ1) is 10.9. The summed E-state index contributed by atoms with van der Waals surface area (Å²) in [6.07, 6.45) is 4.55. The van der Waals surface area contributed by atoms with Gasteiger partial charge in [-0.1, -0.05) is 0 Å². The van der Waals surface area contributed by atoms with E-state index in [4.69, 9.17) is 0 Å². The van der Waals surface area contributed by atoms with Crippen molar-refractivity contribution in [2.75, 3.05) is 46.0 Å². The van der Waals surface area contributed by atoms with E-state index in [0.717, 1.165) is 15.7 Å². The van der Waals surface area contributed by atoms with E-state index in [-0.39, 0.29) is 0 Å². The van der Waals surface area contributed by atoms with Crippen molar-refractivity contribution < 1.29 is 0 Å². The zero-order valence-electron chi connectivity index (χ0n) is 12.8. The van der Waals surface area contributed by atoms with Crippen LogP contribution >= 0.6 is 73.6 Å². The summed E-state index contributed by atoms with van der Waals surface area (Å²) in [4.78, 5) is 0. The van der Waals surface area contributed by atoms with Crippen LogP contribution in [0.3, 0.4) is 0 Å². The first kappa shape index (κ1) is 20.0. The molecule has 1 saturated carbocycles. The summed E-state index contributed by atoms with van der Waals surface area (Å²) < 4.78 is 0. The molecule has 0 unspecified atom stereocenters. The fraction of sp³-hybridized carbons (Fsp3) is 1.00. The van der Waals surface area contributed by atoms with Crippen LogP contribution in [0.25, 0.3) is 0 Å². The molecule has 22 heavy (non-hydrogen) atoms. The van der Waals surface area contributed by atoms with E-state index < -0.39 is 16.0 Å². The Hall–Kier alpha value is 3.27. The Labute approximate surface area is 168 Å². The molecular weight excluding hydrogens is 514 g/mol. The molecular formula is C14H25S7Sb. The van der Waals surface area contributed by atoms with Gasteiger partial charge in [-0.3, -0.25) is 0 Å². The molecule has 0 spiro atoms. The van der Waals surface area contributed by atoms with E-state index in [2.05, 4.69) is 73.6 Å². The normalized spacial score (nSPS) is 23.3. The van der Waals surface area contributed by atoms with Crippen LogP contribution in [0.5, 0.6) is 0 Å². The minimum atomic E-state index is -1.12. The summed E-state index contributed by atoms with van der Waals surface area (Å²) in [5.41, 5.74) is 0. The van der Waals surface area contributed by atoms with Crippen molar-refractivity contribution in [2.45, 2.75) is 35.0 Å². The summed E-state index contributed by atoms with van der Waals surface area (Å²) in [5.74, 6) is 11.4. The Balaban J connectivity index is 1.25. The van der Waals surface area contributed by atoms with Crippen LogP contribution in [0.2, 0.25) is 0 Å². The number of thioether (sulfide) groups is 4. The molecule has 0 aromatic rings. The monoisotopic (exact) mass is 538 g/mol. The Morgan fingerprint density at radius 1 is 0.727 bits per heavy atom. The maximum absolute atomic E-state index is 2.47. The molecule has 0 radical (unpaired) electrons. The van der Waals surface area contributed by atoms with Gasteiger partial charge in [0, 0.05) is 0 Å². The predicted molar refractivity (Wildman–Crippen MR) is 123 cm³/mol. The van der Waals surface area contributed by atoms with Crippen LogP contribution < -0.4 is 0 Å². The molecule has 8 heteroatoms. The molecule has 3 aliphatic rings. The van der Waals surface area contributed by atoms with Crippen molar-refractivity contribution in [3.8, 4) is 0 Å². The van der Waals surface area contributed by atoms with Crippen molar-refractivity contribution in [3.63, 3.8) is 0 Å². The van der Waals surface area contributed by atoms with Gasteiger partial charge in [0.25, 0.3) is 0 Å². The third-order valence-corrected chi connectivity index (χ3v) is 35.0. The molecule has 3 rings (SSSR count). The van der Waals surface area contributed by atoms with Crippen molar-refractivity contribution in [1.29, 1.82) is 0 Å². The van der Waals surface area contributed by atoms with E-state index in [1.54, 1.807) is 0 Å². The summed E-state index contributed by atoms with van der Waals surface area (Å²) in [5, 5.41) is 3.06. The zero-order valence-corrected chi connectivity index (χ0v) is 21.1. The molecule has 0 aromatic heterocycles. The van der Waals surface area contributed by atoms with Gasteiger partial charge in [-0.25, -0.2) is 0 Å². The fourth-order valence-electron chi connectivity index (χ4n) is 1.97. The Kier molecular flexibility index (Phi) is 10.8. The van der Waals surface area contributed by atoms with Crippen LogP contribution in [0.15, 0.2) is 0 Å². The summed E-state index contributed by atoms with van der Waals surface area (Å²) >= 11 is 7.63. The third kappa shape index (κ3) is 7.48. The molecule has 2 saturated heterocycles. The van der Waals surface area contributed by atoms with Gasteiger partial charge in [0.05, 0.1) is 0 Å². The summed E-state index contributed by atoms with van der Waals surface area (Å²) in [7, 11) is 7.32. The molecule has 0 aromatic carbocycles. The fourth-order valence-corrected chi connectivity index (χ4v) is 35.6. The van der Waals surface area contributed by atoms with Crippen LogP contribution in [0.1, 0.15) is 19.3 Å². The maximum atomic E-state index is 2.47. The average molecular weight is 540 g/mol. The van der Waals surface area contributed by atoms with Gasteiger partial charge in [0.1, 0.15) is 0 Å². The topological polar surface area (TPSA) is 0 Å². The number of hydrogen-bond donors (Lipinski definition) is 0. The van der Waals surface area contributed by atoms with Gasteiger partial charge in [-0.05, 0) is 0 Å². The van der Waals surface area contributed by atoms with Gasteiger partial charge in [-0.15, -0.1) is 0 Å². The second-order valence-corrected chi connectivity index (χ2v) is 32.3. The molecule has 2 heterocycles. The van der Waals surface area contributed by atoms with E-state index in [9.17, 15) is 0 Å². The Bertz CT molecular complexity index is 286. The number of rotatable bonds is 12. The van der Waals surface area contributed by atoms with E-state index in [0.29, 0.717) is 0 Å². The van der Waals surface area contributed by atoms with Crippen molar-refractivity contribution >= 4 is 89.6 Å². The zero-order chi connectivity index (χ0) is 15.0. The number of hydrogen-bond acceptors (Lipinski definition) is 7. The predicted octanol–water partition coefficient (Wildman–Crippen LogP) is 5.42. The Morgan fingerprint density at radius 3 is 1.64 bits per heavy atom. The molecule has 0 N–H and O–H groups in total. The SMILES string of the molecule is C1CC([S][Sb]([S]CCSC2CSC2)[S]CCSC2CSC2)C1. The standard InChI is InChI=1S/2C5H10S3.C4H8S.Sb/c2*6-1-2-8-5-3-7-4-5;5-4-2-1-3-4;/h2*5-6H,1-4H2;4-5H,1-3H2;/q;;;+3/p-3. The molecule has 0 nitrogen and oxygen atoms in total. The van der Waals surface area contributed by atoms with Gasteiger partial charge < -0.3 is 0 Å². The summed E-state index contributed by atoms with van der Waals surface area (Å²) in [6, 6.07) is 0. The second-order valence-electron chi connectivity index (χ2n) is 5.61. The van der Waals surface area contributed by atoms with E-state index in [1.165, 1.54) is 65.3 Å². The van der Waals surface area contributed by atoms with Crippen molar-refractivity contribution in [3.05, 3.63) is 0 Å². The Morgan fingerprint density at radius 2 is 1.27 bits per heavy atom. The van der Waals surface area contributed by atoms with Gasteiger partial charge in [-0.2, -0.15) is 0 Å². The van der Waals surface area contributed by atoms with Crippen LogP contribution in [0.4, 0.5) is 0 Å². The van der Waals surface area contributed by atoms with Crippen LogP contribution in [-0.2, 0) is 0 Å². The van der Waals surface area contributed by atoms with Gasteiger partial charge in [0.15, 0.2) is 0 Å². The molecule has 128 valence electrons. The third-order valence-electron chi connectivity index (χ3n) is 3.77. The molecule has 0 bridgehead atoms. The summed E-state index contributed by atoms with van der Waals surface area (Å²) in [6.45, 7) is 0. The van der Waals surface area contributed by atoms with Gasteiger partial charge in [0.2, 0.25) is 0 Å². The molecule has 2 aliphatic heterocycles. The van der Waals surface area contributed by atoms with Crippen molar-refractivity contribution in [2.24, 2.45) is 0 Å². The first-order valence-corrected chi connectivity index (χ1v) is 24.5. The van der Waals surface area contributed by atoms with Crippen LogP contribution in [-0.4, -0.2) is 77.8 Å². The molecule has 0 amide bonds. The second kappa shape index (κ2) is 11.9. The van der Waals surface area contributed by atoms with E-state index in [1.807, 2.05) is 0 Å². The van der Waals surface area contributed by atoms with Crippen LogP contribution in [0, 0.1) is 0 Å². The average Bonchev–Trinajstić information content (AvgIpc) is 2.37. The van der Waals surface area contributed by atoms with Crippen molar-refractivity contribution in [1.82, 2.24) is 0 Å². The molecule has 0 atom stereocenters. The van der Waals surface area contributed by atoms with E-state index >= 15 is 0 Å². The molecule has 3 fully saturated rings. The first-order valence-electron chi connectivity index (χ1n) is 8.01. The van der Waals surface area contributed by atoms with Gasteiger partial charge >= 0.3 is 171 Å². The minimum absolute atomic E-state index is 1.000. The quantitative estimate of drug-likeness (QED) is 0.237.